The van der Waals surface area contributed by atoms with Gasteiger partial charge in [-0.2, -0.15) is 0 Å². The topological polar surface area (TPSA) is 86.8 Å². The van der Waals surface area contributed by atoms with Crippen molar-refractivity contribution in [3.63, 3.8) is 0 Å². The van der Waals surface area contributed by atoms with Crippen LogP contribution in [0, 0.1) is 6.92 Å². The monoisotopic (exact) mass is 683 g/mol. The fourth-order valence-electron chi connectivity index (χ4n) is 4.81. The number of hydrogen-bond acceptors (Lipinski definition) is 5. The summed E-state index contributed by atoms with van der Waals surface area (Å²) < 4.78 is 29.4. The SMILES string of the molecule is CCNC(=O)[C@H](Cc1ccccc1)N(Cc1c(Cl)cccc1Cl)C(=O)CN(c1ccc(C)cc1)S(=O)(=O)c1ccc(SC)cc1. The lowest BCUT2D eigenvalue weighted by molar-refractivity contribution is -0.140. The van der Waals surface area contributed by atoms with E-state index in [0.29, 0.717) is 27.8 Å². The Bertz CT molecular complexity index is 1700. The van der Waals surface area contributed by atoms with Crippen molar-refractivity contribution in [2.45, 2.75) is 42.6 Å². The summed E-state index contributed by atoms with van der Waals surface area (Å²) in [6, 6.07) is 26.8. The van der Waals surface area contributed by atoms with Crippen molar-refractivity contribution in [2.24, 2.45) is 0 Å². The summed E-state index contributed by atoms with van der Waals surface area (Å²) >= 11 is 14.6. The number of hydrogen-bond donors (Lipinski definition) is 1. The second-order valence-electron chi connectivity index (χ2n) is 10.3. The van der Waals surface area contributed by atoms with Gasteiger partial charge < -0.3 is 10.2 Å². The second-order valence-corrected chi connectivity index (χ2v) is 13.9. The molecule has 0 heterocycles. The molecule has 1 N–H and O–H groups in total. The third-order valence-corrected chi connectivity index (χ3v) is 10.5. The van der Waals surface area contributed by atoms with Crippen LogP contribution < -0.4 is 9.62 Å². The molecule has 11 heteroatoms. The fraction of sp³-hybridized carbons (Fsp3) is 0.235. The number of rotatable bonds is 13. The second kappa shape index (κ2) is 15.7. The Morgan fingerprint density at radius 2 is 1.49 bits per heavy atom. The normalized spacial score (nSPS) is 11.9. The zero-order valence-electron chi connectivity index (χ0n) is 25.2. The van der Waals surface area contributed by atoms with Gasteiger partial charge in [-0.25, -0.2) is 8.42 Å². The molecule has 7 nitrogen and oxygen atoms in total. The highest BCUT2D eigenvalue weighted by Gasteiger charge is 2.35. The number of carbonyl (C=O) groups excluding carboxylic acids is 2. The lowest BCUT2D eigenvalue weighted by Crippen LogP contribution is -2.53. The lowest BCUT2D eigenvalue weighted by atomic mass is 10.0. The van der Waals surface area contributed by atoms with Crippen LogP contribution in [0.3, 0.4) is 0 Å². The summed E-state index contributed by atoms with van der Waals surface area (Å²) in [5, 5.41) is 3.49. The summed E-state index contributed by atoms with van der Waals surface area (Å²) in [7, 11) is -4.20. The molecule has 4 aromatic carbocycles. The van der Waals surface area contributed by atoms with Crippen molar-refractivity contribution in [1.82, 2.24) is 10.2 Å². The van der Waals surface area contributed by atoms with E-state index in [-0.39, 0.29) is 23.8 Å². The smallest absolute Gasteiger partial charge is 0.264 e. The molecule has 0 saturated heterocycles. The number of thioether (sulfide) groups is 1. The summed E-state index contributed by atoms with van der Waals surface area (Å²) in [6.45, 7) is 3.35. The average Bonchev–Trinajstić information content (AvgIpc) is 3.03. The minimum Gasteiger partial charge on any atom is -0.355 e. The molecule has 0 aromatic heterocycles. The molecule has 236 valence electrons. The summed E-state index contributed by atoms with van der Waals surface area (Å²) in [4.78, 5) is 30.4. The number of nitrogens with one attached hydrogen (secondary N) is 1. The van der Waals surface area contributed by atoms with Gasteiger partial charge in [0.25, 0.3) is 10.0 Å². The van der Waals surface area contributed by atoms with Crippen molar-refractivity contribution in [3.05, 3.63) is 124 Å². The van der Waals surface area contributed by atoms with Gasteiger partial charge in [-0.15, -0.1) is 11.8 Å². The van der Waals surface area contributed by atoms with Crippen LogP contribution in [-0.2, 0) is 32.6 Å². The number of anilines is 1. The van der Waals surface area contributed by atoms with E-state index in [1.807, 2.05) is 43.5 Å². The third-order valence-electron chi connectivity index (χ3n) is 7.26. The summed E-state index contributed by atoms with van der Waals surface area (Å²) in [5.41, 5.74) is 2.53. The van der Waals surface area contributed by atoms with Gasteiger partial charge >= 0.3 is 0 Å². The number of likely N-dealkylation sites (N-methyl/N-ethyl adjacent to an activating group) is 1. The Balaban J connectivity index is 1.82. The first-order chi connectivity index (χ1) is 21.5. The van der Waals surface area contributed by atoms with E-state index in [9.17, 15) is 18.0 Å². The van der Waals surface area contributed by atoms with Crippen LogP contribution in [-0.4, -0.2) is 50.5 Å². The molecule has 2 amide bonds. The molecule has 4 aromatic rings. The first-order valence-corrected chi connectivity index (χ1v) is 17.7. The number of nitrogens with zero attached hydrogens (tertiary/aromatic N) is 2. The van der Waals surface area contributed by atoms with Gasteiger partial charge in [0.15, 0.2) is 0 Å². The van der Waals surface area contributed by atoms with Crippen molar-refractivity contribution < 1.29 is 18.0 Å². The maximum atomic E-state index is 14.5. The third kappa shape index (κ3) is 8.61. The molecule has 0 spiro atoms. The molecule has 0 radical (unpaired) electrons. The van der Waals surface area contributed by atoms with Gasteiger partial charge in [-0.1, -0.05) is 77.3 Å². The van der Waals surface area contributed by atoms with Crippen LogP contribution in [0.2, 0.25) is 10.0 Å². The van der Waals surface area contributed by atoms with Gasteiger partial charge in [0, 0.05) is 40.0 Å². The molecule has 45 heavy (non-hydrogen) atoms. The van der Waals surface area contributed by atoms with E-state index in [1.54, 1.807) is 61.5 Å². The number of amides is 2. The van der Waals surface area contributed by atoms with Crippen LogP contribution in [0.1, 0.15) is 23.6 Å². The fourth-order valence-corrected chi connectivity index (χ4v) is 7.15. The average molecular weight is 685 g/mol. The zero-order valence-corrected chi connectivity index (χ0v) is 28.4. The van der Waals surface area contributed by atoms with E-state index in [0.717, 1.165) is 20.3 Å². The molecule has 0 aliphatic rings. The maximum Gasteiger partial charge on any atom is 0.264 e. The molecular weight excluding hydrogens is 649 g/mol. The molecule has 4 rings (SSSR count). The minimum atomic E-state index is -4.20. The van der Waals surface area contributed by atoms with Gasteiger partial charge in [-0.05, 0) is 74.2 Å². The summed E-state index contributed by atoms with van der Waals surface area (Å²) in [6.07, 6.45) is 2.09. The van der Waals surface area contributed by atoms with E-state index in [4.69, 9.17) is 23.2 Å². The molecule has 0 aliphatic heterocycles. The van der Waals surface area contributed by atoms with Crippen LogP contribution in [0.4, 0.5) is 5.69 Å². The molecule has 0 unspecified atom stereocenters. The van der Waals surface area contributed by atoms with Crippen LogP contribution in [0.25, 0.3) is 0 Å². The lowest BCUT2D eigenvalue weighted by Gasteiger charge is -2.34. The van der Waals surface area contributed by atoms with Crippen LogP contribution >= 0.6 is 35.0 Å². The van der Waals surface area contributed by atoms with E-state index in [2.05, 4.69) is 5.32 Å². The van der Waals surface area contributed by atoms with E-state index >= 15 is 0 Å². The van der Waals surface area contributed by atoms with Crippen LogP contribution in [0.15, 0.2) is 107 Å². The first-order valence-electron chi connectivity index (χ1n) is 14.3. The molecule has 0 fully saturated rings. The molecule has 0 saturated carbocycles. The van der Waals surface area contributed by atoms with E-state index < -0.39 is 28.5 Å². The highest BCUT2D eigenvalue weighted by Crippen LogP contribution is 2.29. The van der Waals surface area contributed by atoms with Gasteiger partial charge in [-0.3, -0.25) is 13.9 Å². The zero-order chi connectivity index (χ0) is 32.6. The molecule has 0 bridgehead atoms. The Kier molecular flexibility index (Phi) is 12.0. The predicted octanol–water partition coefficient (Wildman–Crippen LogP) is 7.00. The maximum absolute atomic E-state index is 14.5. The minimum absolute atomic E-state index is 0.0407. The number of benzene rings is 4. The number of halogens is 2. The van der Waals surface area contributed by atoms with Crippen molar-refractivity contribution in [3.8, 4) is 0 Å². The standard InChI is InChI=1S/C34H35Cl2N3O4S2/c1-4-37-34(41)32(21-25-9-6-5-7-10-25)38(22-29-30(35)11-8-12-31(29)36)33(40)23-39(26-15-13-24(2)14-16-26)45(42,43)28-19-17-27(44-3)18-20-28/h5-20,32H,4,21-23H2,1-3H3,(H,37,41)/t32-/m0/s1. The highest BCUT2D eigenvalue weighted by atomic mass is 35.5. The largest absolute Gasteiger partial charge is 0.355 e. The number of aryl methyl sites for hydroxylation is 1. The molecular formula is C34H35Cl2N3O4S2. The predicted molar refractivity (Wildman–Crippen MR) is 184 cm³/mol. The van der Waals surface area contributed by atoms with Crippen LogP contribution in [0.5, 0.6) is 0 Å². The molecule has 0 aliphatic carbocycles. The first kappa shape index (κ1) is 34.4. The number of carbonyl (C=O) groups is 2. The van der Waals surface area contributed by atoms with Crippen molar-refractivity contribution >= 4 is 62.5 Å². The Morgan fingerprint density at radius 3 is 2.07 bits per heavy atom. The van der Waals surface area contributed by atoms with Crippen molar-refractivity contribution in [2.75, 3.05) is 23.7 Å². The quantitative estimate of drug-likeness (QED) is 0.154. The summed E-state index contributed by atoms with van der Waals surface area (Å²) in [5.74, 6) is -0.974. The Hall–Kier alpha value is -3.50. The van der Waals surface area contributed by atoms with Gasteiger partial charge in [0.2, 0.25) is 11.8 Å². The number of sulfonamides is 1. The Labute approximate surface area is 279 Å². The van der Waals surface area contributed by atoms with E-state index in [1.165, 1.54) is 28.8 Å². The Morgan fingerprint density at radius 1 is 0.867 bits per heavy atom. The van der Waals surface area contributed by atoms with Gasteiger partial charge in [0.05, 0.1) is 10.6 Å². The van der Waals surface area contributed by atoms with Gasteiger partial charge in [0.1, 0.15) is 12.6 Å². The highest BCUT2D eigenvalue weighted by molar-refractivity contribution is 7.98. The van der Waals surface area contributed by atoms with Crippen molar-refractivity contribution in [1.29, 1.82) is 0 Å². The molecule has 1 atom stereocenters.